The van der Waals surface area contributed by atoms with Gasteiger partial charge in [-0.15, -0.1) is 0 Å². The van der Waals surface area contributed by atoms with Crippen LogP contribution in [0.25, 0.3) is 0 Å². The van der Waals surface area contributed by atoms with E-state index in [9.17, 15) is 4.79 Å². The summed E-state index contributed by atoms with van der Waals surface area (Å²) in [6.45, 7) is 2.42. The maximum Gasteiger partial charge on any atom is 0.305 e. The second-order valence-corrected chi connectivity index (χ2v) is 2.58. The Morgan fingerprint density at radius 2 is 2.50 bits per heavy atom. The lowest BCUT2D eigenvalue weighted by Gasteiger charge is -2.19. The van der Waals surface area contributed by atoms with E-state index < -0.39 is 5.97 Å². The Morgan fingerprint density at radius 1 is 1.75 bits per heavy atom. The number of hydrogen-bond donors (Lipinski definition) is 1. The summed E-state index contributed by atoms with van der Waals surface area (Å²) in [5, 5.41) is 8.44. The summed E-state index contributed by atoms with van der Waals surface area (Å²) < 4.78 is 0. The molecule has 0 aliphatic carbocycles. The van der Waals surface area contributed by atoms with Gasteiger partial charge in [-0.2, -0.15) is 0 Å². The highest BCUT2D eigenvalue weighted by molar-refractivity contribution is 5.66. The summed E-state index contributed by atoms with van der Waals surface area (Å²) in [5.74, 6) is -0.772. The average molecular weight is 165 g/mol. The van der Waals surface area contributed by atoms with Crippen molar-refractivity contribution >= 4 is 5.97 Å². The molecular formula is C9H11NO2. The molecule has 0 aromatic rings. The van der Waals surface area contributed by atoms with Crippen LogP contribution in [0.5, 0.6) is 0 Å². The zero-order valence-corrected chi connectivity index (χ0v) is 6.95. The van der Waals surface area contributed by atoms with Gasteiger partial charge in [-0.1, -0.05) is 5.73 Å². The highest BCUT2D eigenvalue weighted by Crippen LogP contribution is 2.07. The van der Waals surface area contributed by atoms with E-state index in [2.05, 4.69) is 5.73 Å². The monoisotopic (exact) mass is 165 g/mol. The van der Waals surface area contributed by atoms with Gasteiger partial charge in [-0.3, -0.25) is 4.79 Å². The molecule has 0 fully saturated rings. The lowest BCUT2D eigenvalue weighted by atomic mass is 10.3. The SMILES string of the molecule is CC1=C=CC=CN1CCC(=O)O. The highest BCUT2D eigenvalue weighted by Gasteiger charge is 2.05. The minimum absolute atomic E-state index is 0.156. The third kappa shape index (κ3) is 2.29. The van der Waals surface area contributed by atoms with Gasteiger partial charge in [-0.05, 0) is 19.1 Å². The molecule has 0 saturated carbocycles. The van der Waals surface area contributed by atoms with E-state index in [1.165, 1.54) is 0 Å². The Hall–Kier alpha value is -1.47. The Bertz CT molecular complexity index is 272. The number of carbonyl (C=O) groups is 1. The number of carboxylic acid groups (broad SMARTS) is 1. The van der Waals surface area contributed by atoms with Crippen LogP contribution in [0.3, 0.4) is 0 Å². The zero-order chi connectivity index (χ0) is 8.97. The largest absolute Gasteiger partial charge is 0.481 e. The molecule has 0 radical (unpaired) electrons. The second-order valence-electron chi connectivity index (χ2n) is 2.58. The van der Waals surface area contributed by atoms with E-state index in [-0.39, 0.29) is 6.42 Å². The average Bonchev–Trinajstić information content (AvgIpc) is 2.03. The van der Waals surface area contributed by atoms with Crippen LogP contribution < -0.4 is 0 Å². The van der Waals surface area contributed by atoms with E-state index in [0.29, 0.717) is 6.54 Å². The third-order valence-corrected chi connectivity index (χ3v) is 1.65. The van der Waals surface area contributed by atoms with E-state index >= 15 is 0 Å². The molecule has 1 aliphatic heterocycles. The van der Waals surface area contributed by atoms with Crippen molar-refractivity contribution in [2.24, 2.45) is 0 Å². The molecule has 64 valence electrons. The van der Waals surface area contributed by atoms with E-state index in [0.717, 1.165) is 5.70 Å². The summed E-state index contributed by atoms with van der Waals surface area (Å²) in [6, 6.07) is 0. The molecule has 1 rings (SSSR count). The van der Waals surface area contributed by atoms with Crippen molar-refractivity contribution in [2.75, 3.05) is 6.54 Å². The van der Waals surface area contributed by atoms with Gasteiger partial charge in [0, 0.05) is 12.7 Å². The van der Waals surface area contributed by atoms with Crippen LogP contribution in [0.4, 0.5) is 0 Å². The van der Waals surface area contributed by atoms with Crippen LogP contribution >= 0.6 is 0 Å². The first-order valence-electron chi connectivity index (χ1n) is 3.78. The summed E-state index contributed by atoms with van der Waals surface area (Å²) in [4.78, 5) is 12.1. The molecule has 3 heteroatoms. The molecule has 1 heterocycles. The first-order valence-corrected chi connectivity index (χ1v) is 3.78. The van der Waals surface area contributed by atoms with Gasteiger partial charge in [0.1, 0.15) is 0 Å². The van der Waals surface area contributed by atoms with E-state index in [1.54, 1.807) is 0 Å². The molecule has 0 bridgehead atoms. The molecule has 1 aliphatic rings. The quantitative estimate of drug-likeness (QED) is 0.642. The summed E-state index contributed by atoms with van der Waals surface area (Å²) in [7, 11) is 0. The summed E-state index contributed by atoms with van der Waals surface area (Å²) in [5.41, 5.74) is 3.95. The molecule has 0 unspecified atom stereocenters. The normalized spacial score (nSPS) is 14.8. The number of nitrogens with zero attached hydrogens (tertiary/aromatic N) is 1. The summed E-state index contributed by atoms with van der Waals surface area (Å²) in [6.07, 6.45) is 5.67. The van der Waals surface area contributed by atoms with Crippen LogP contribution in [0, 0.1) is 0 Å². The lowest BCUT2D eigenvalue weighted by molar-refractivity contribution is -0.137. The van der Waals surface area contributed by atoms with Crippen molar-refractivity contribution in [3.8, 4) is 0 Å². The van der Waals surface area contributed by atoms with Gasteiger partial charge >= 0.3 is 5.97 Å². The van der Waals surface area contributed by atoms with Crippen molar-refractivity contribution in [1.29, 1.82) is 0 Å². The van der Waals surface area contributed by atoms with Gasteiger partial charge in [0.15, 0.2) is 0 Å². The molecule has 0 aromatic carbocycles. The fourth-order valence-electron chi connectivity index (χ4n) is 0.969. The van der Waals surface area contributed by atoms with Crippen molar-refractivity contribution in [1.82, 2.24) is 4.90 Å². The smallest absolute Gasteiger partial charge is 0.305 e. The predicted octanol–water partition coefficient (Wildman–Crippen LogP) is 1.35. The van der Waals surface area contributed by atoms with Gasteiger partial charge in [-0.25, -0.2) is 0 Å². The van der Waals surface area contributed by atoms with Crippen LogP contribution in [0.1, 0.15) is 13.3 Å². The van der Waals surface area contributed by atoms with Crippen LogP contribution in [-0.2, 0) is 4.79 Å². The molecule has 12 heavy (non-hydrogen) atoms. The number of aliphatic carboxylic acids is 1. The fraction of sp³-hybridized carbons (Fsp3) is 0.333. The Kier molecular flexibility index (Phi) is 2.72. The van der Waals surface area contributed by atoms with Gasteiger partial charge < -0.3 is 10.0 Å². The highest BCUT2D eigenvalue weighted by atomic mass is 16.4. The van der Waals surface area contributed by atoms with Crippen molar-refractivity contribution in [3.63, 3.8) is 0 Å². The number of hydrogen-bond acceptors (Lipinski definition) is 2. The summed E-state index contributed by atoms with van der Waals surface area (Å²) >= 11 is 0. The van der Waals surface area contributed by atoms with Gasteiger partial charge in [0.05, 0.1) is 12.1 Å². The molecule has 0 spiro atoms. The van der Waals surface area contributed by atoms with Crippen molar-refractivity contribution in [3.05, 3.63) is 29.8 Å². The van der Waals surface area contributed by atoms with Crippen molar-refractivity contribution < 1.29 is 9.90 Å². The topological polar surface area (TPSA) is 40.5 Å². The first-order chi connectivity index (χ1) is 5.70. The first kappa shape index (κ1) is 8.62. The molecule has 0 atom stereocenters. The Morgan fingerprint density at radius 3 is 3.08 bits per heavy atom. The minimum Gasteiger partial charge on any atom is -0.481 e. The predicted molar refractivity (Wildman–Crippen MR) is 45.4 cm³/mol. The maximum absolute atomic E-state index is 10.3. The van der Waals surface area contributed by atoms with Crippen LogP contribution in [-0.4, -0.2) is 22.5 Å². The standard InChI is InChI=1S/C9H11NO2/c1-8-4-2-3-6-10(8)7-5-9(11)12/h2-3,6H,5,7H2,1H3,(H,11,12). The maximum atomic E-state index is 10.3. The number of rotatable bonds is 3. The lowest BCUT2D eigenvalue weighted by Crippen LogP contribution is -2.19. The molecule has 1 N–H and O–H groups in total. The molecule has 0 saturated heterocycles. The van der Waals surface area contributed by atoms with Gasteiger partial charge in [0.2, 0.25) is 0 Å². The molecule has 3 nitrogen and oxygen atoms in total. The second kappa shape index (κ2) is 3.79. The van der Waals surface area contributed by atoms with Crippen LogP contribution in [0.15, 0.2) is 29.8 Å². The Labute approximate surface area is 71.3 Å². The fourth-order valence-corrected chi connectivity index (χ4v) is 0.969. The molecular weight excluding hydrogens is 154 g/mol. The van der Waals surface area contributed by atoms with Crippen LogP contribution in [0.2, 0.25) is 0 Å². The number of allylic oxidation sites excluding steroid dienone is 2. The van der Waals surface area contributed by atoms with Crippen molar-refractivity contribution in [2.45, 2.75) is 13.3 Å². The third-order valence-electron chi connectivity index (χ3n) is 1.65. The molecule has 0 aromatic heterocycles. The minimum atomic E-state index is -0.772. The number of carboxylic acids is 1. The van der Waals surface area contributed by atoms with E-state index in [1.807, 2.05) is 30.2 Å². The Balaban J connectivity index is 2.49. The molecule has 0 amide bonds. The van der Waals surface area contributed by atoms with E-state index in [4.69, 9.17) is 5.11 Å². The zero-order valence-electron chi connectivity index (χ0n) is 6.95. The van der Waals surface area contributed by atoms with Gasteiger partial charge in [0.25, 0.3) is 0 Å².